The summed E-state index contributed by atoms with van der Waals surface area (Å²) in [6.45, 7) is 1.26. The lowest BCUT2D eigenvalue weighted by Gasteiger charge is -2.10. The molecular formula is C18H17N5O4. The first kappa shape index (κ1) is 18.1. The van der Waals surface area contributed by atoms with Crippen LogP contribution in [0.25, 0.3) is 11.0 Å². The Morgan fingerprint density at radius 1 is 1.11 bits per heavy atom. The van der Waals surface area contributed by atoms with Crippen molar-refractivity contribution in [3.63, 3.8) is 0 Å². The van der Waals surface area contributed by atoms with Gasteiger partial charge in [0.25, 0.3) is 5.91 Å². The Labute approximate surface area is 153 Å². The van der Waals surface area contributed by atoms with Gasteiger partial charge in [0.15, 0.2) is 5.78 Å². The molecule has 9 nitrogen and oxygen atoms in total. The molecule has 0 spiro atoms. The van der Waals surface area contributed by atoms with Crippen LogP contribution < -0.4 is 15.7 Å². The van der Waals surface area contributed by atoms with Gasteiger partial charge in [0.05, 0.1) is 18.1 Å². The van der Waals surface area contributed by atoms with Gasteiger partial charge in [-0.2, -0.15) is 10.2 Å². The van der Waals surface area contributed by atoms with Crippen LogP contribution in [0.5, 0.6) is 5.75 Å². The minimum absolute atomic E-state index is 0.347. The van der Waals surface area contributed by atoms with Crippen molar-refractivity contribution >= 4 is 34.1 Å². The van der Waals surface area contributed by atoms with Crippen molar-refractivity contribution in [2.45, 2.75) is 13.0 Å². The number of aromatic nitrogens is 2. The first-order valence-corrected chi connectivity index (χ1v) is 8.05. The molecule has 0 aliphatic carbocycles. The van der Waals surface area contributed by atoms with Crippen molar-refractivity contribution in [3.8, 4) is 5.75 Å². The second-order valence-electron chi connectivity index (χ2n) is 5.73. The SMILES string of the molecule is COc1ccccc1/N=N/C(C(C)=O)C(=O)Nc1ccc2[nH]c(=O)[nH]c2c1. The van der Waals surface area contributed by atoms with Crippen LogP contribution in [0.4, 0.5) is 11.4 Å². The highest BCUT2D eigenvalue weighted by molar-refractivity contribution is 6.10. The van der Waals surface area contributed by atoms with Crippen LogP contribution >= 0.6 is 0 Å². The quantitative estimate of drug-likeness (QED) is 0.457. The molecule has 3 N–H and O–H groups in total. The van der Waals surface area contributed by atoms with Crippen LogP contribution in [0.15, 0.2) is 57.5 Å². The first-order chi connectivity index (χ1) is 13.0. The number of fused-ring (bicyclic) bond motifs is 1. The highest BCUT2D eigenvalue weighted by atomic mass is 16.5. The van der Waals surface area contributed by atoms with Crippen LogP contribution in [0.2, 0.25) is 0 Å². The molecule has 0 aliphatic heterocycles. The van der Waals surface area contributed by atoms with Crippen LogP contribution in [0, 0.1) is 0 Å². The van der Waals surface area contributed by atoms with Crippen LogP contribution in [0.1, 0.15) is 6.92 Å². The molecule has 0 radical (unpaired) electrons. The Morgan fingerprint density at radius 3 is 2.59 bits per heavy atom. The number of rotatable bonds is 6. The number of amides is 1. The van der Waals surface area contributed by atoms with E-state index < -0.39 is 17.7 Å². The number of carbonyl (C=O) groups is 2. The Balaban J connectivity index is 1.81. The number of hydrogen-bond acceptors (Lipinski definition) is 6. The molecule has 138 valence electrons. The maximum Gasteiger partial charge on any atom is 0.323 e. The fourth-order valence-corrected chi connectivity index (χ4v) is 2.47. The topological polar surface area (TPSA) is 129 Å². The number of hydrogen-bond donors (Lipinski definition) is 3. The minimum Gasteiger partial charge on any atom is -0.494 e. The molecule has 1 heterocycles. The summed E-state index contributed by atoms with van der Waals surface area (Å²) in [6, 6.07) is 10.4. The summed E-state index contributed by atoms with van der Waals surface area (Å²) in [4.78, 5) is 40.9. The van der Waals surface area contributed by atoms with Crippen molar-refractivity contribution < 1.29 is 14.3 Å². The number of Topliss-reactive ketones (excluding diaryl/α,β-unsaturated/α-hetero) is 1. The predicted molar refractivity (Wildman–Crippen MR) is 99.5 cm³/mol. The summed E-state index contributed by atoms with van der Waals surface area (Å²) in [6.07, 6.45) is 0. The Morgan fingerprint density at radius 2 is 1.85 bits per heavy atom. The number of nitrogens with one attached hydrogen (secondary N) is 3. The summed E-state index contributed by atoms with van der Waals surface area (Å²) in [7, 11) is 1.49. The molecule has 0 saturated carbocycles. The third kappa shape index (κ3) is 4.09. The smallest absolute Gasteiger partial charge is 0.323 e. The van der Waals surface area contributed by atoms with E-state index in [1.807, 2.05) is 0 Å². The molecule has 0 bridgehead atoms. The summed E-state index contributed by atoms with van der Waals surface area (Å²) in [5.41, 5.74) is 1.62. The van der Waals surface area contributed by atoms with Crippen LogP contribution in [-0.2, 0) is 9.59 Å². The average Bonchev–Trinajstić information content (AvgIpc) is 3.01. The Bertz CT molecular complexity index is 1080. The van der Waals surface area contributed by atoms with E-state index in [1.165, 1.54) is 14.0 Å². The molecule has 3 rings (SSSR count). The Kier molecular flexibility index (Phi) is 5.11. The highest BCUT2D eigenvalue weighted by Crippen LogP contribution is 2.27. The standard InChI is InChI=1S/C18H17N5O4/c1-10(24)16(23-22-13-5-3-4-6-15(13)27-2)17(25)19-11-7-8-12-14(9-11)21-18(26)20-12/h3-9,16H,1-2H3,(H,19,25)(H2,20,21,26)/b23-22+. The van der Waals surface area contributed by atoms with E-state index >= 15 is 0 Å². The van der Waals surface area contributed by atoms with E-state index in [2.05, 4.69) is 25.5 Å². The average molecular weight is 367 g/mol. The van der Waals surface area contributed by atoms with E-state index in [0.717, 1.165) is 0 Å². The van der Waals surface area contributed by atoms with E-state index in [4.69, 9.17) is 4.74 Å². The lowest BCUT2D eigenvalue weighted by atomic mass is 10.2. The second kappa shape index (κ2) is 7.65. The van der Waals surface area contributed by atoms with Crippen molar-refractivity contribution in [2.24, 2.45) is 10.2 Å². The van der Waals surface area contributed by atoms with Gasteiger partial charge < -0.3 is 20.0 Å². The van der Waals surface area contributed by atoms with Gasteiger partial charge in [-0.25, -0.2) is 4.79 Å². The van der Waals surface area contributed by atoms with E-state index in [9.17, 15) is 14.4 Å². The van der Waals surface area contributed by atoms with Crippen molar-refractivity contribution in [1.29, 1.82) is 0 Å². The molecule has 1 amide bonds. The number of aromatic amines is 2. The zero-order valence-corrected chi connectivity index (χ0v) is 14.6. The fourth-order valence-electron chi connectivity index (χ4n) is 2.47. The lowest BCUT2D eigenvalue weighted by Crippen LogP contribution is -2.31. The van der Waals surface area contributed by atoms with Crippen molar-refractivity contribution in [1.82, 2.24) is 9.97 Å². The molecule has 0 saturated heterocycles. The number of ether oxygens (including phenoxy) is 1. The van der Waals surface area contributed by atoms with Crippen molar-refractivity contribution in [2.75, 3.05) is 12.4 Å². The first-order valence-electron chi connectivity index (χ1n) is 8.05. The molecule has 0 fully saturated rings. The zero-order valence-electron chi connectivity index (χ0n) is 14.6. The summed E-state index contributed by atoms with van der Waals surface area (Å²) in [5.74, 6) is -0.605. The van der Waals surface area contributed by atoms with Crippen LogP contribution in [0.3, 0.4) is 0 Å². The number of benzene rings is 2. The van der Waals surface area contributed by atoms with Crippen LogP contribution in [-0.4, -0.2) is 34.8 Å². The number of para-hydroxylation sites is 1. The number of H-pyrrole nitrogens is 2. The number of azo groups is 1. The van der Waals surface area contributed by atoms with Gasteiger partial charge in [0, 0.05) is 5.69 Å². The summed E-state index contributed by atoms with van der Waals surface area (Å²) < 4.78 is 5.17. The number of carbonyl (C=O) groups excluding carboxylic acids is 2. The molecular weight excluding hydrogens is 350 g/mol. The van der Waals surface area contributed by atoms with Gasteiger partial charge in [0.2, 0.25) is 6.04 Å². The normalized spacial score (nSPS) is 12.2. The molecule has 27 heavy (non-hydrogen) atoms. The molecule has 1 aromatic heterocycles. The predicted octanol–water partition coefficient (Wildman–Crippen LogP) is 2.54. The molecule has 0 aliphatic rings. The van der Waals surface area contributed by atoms with E-state index in [0.29, 0.717) is 28.2 Å². The monoisotopic (exact) mass is 367 g/mol. The minimum atomic E-state index is -1.31. The lowest BCUT2D eigenvalue weighted by molar-refractivity contribution is -0.126. The third-order valence-corrected chi connectivity index (χ3v) is 3.78. The molecule has 3 aromatic rings. The second-order valence-corrected chi connectivity index (χ2v) is 5.73. The number of methoxy groups -OCH3 is 1. The zero-order chi connectivity index (χ0) is 19.4. The van der Waals surface area contributed by atoms with E-state index in [1.54, 1.807) is 42.5 Å². The van der Waals surface area contributed by atoms with Gasteiger partial charge in [-0.05, 0) is 37.3 Å². The number of nitrogens with zero attached hydrogens (tertiary/aromatic N) is 2. The fraction of sp³-hybridized carbons (Fsp3) is 0.167. The van der Waals surface area contributed by atoms with Crippen molar-refractivity contribution in [3.05, 3.63) is 52.9 Å². The largest absolute Gasteiger partial charge is 0.494 e. The van der Waals surface area contributed by atoms with Gasteiger partial charge in [0.1, 0.15) is 11.4 Å². The summed E-state index contributed by atoms with van der Waals surface area (Å²) in [5, 5.41) is 10.5. The maximum absolute atomic E-state index is 12.5. The van der Waals surface area contributed by atoms with Gasteiger partial charge in [-0.1, -0.05) is 12.1 Å². The summed E-state index contributed by atoms with van der Waals surface area (Å²) >= 11 is 0. The molecule has 1 unspecified atom stereocenters. The number of anilines is 1. The molecule has 9 heteroatoms. The Hall–Kier alpha value is -3.75. The third-order valence-electron chi connectivity index (χ3n) is 3.78. The number of imidazole rings is 1. The van der Waals surface area contributed by atoms with Gasteiger partial charge in [-0.15, -0.1) is 0 Å². The molecule has 2 aromatic carbocycles. The van der Waals surface area contributed by atoms with E-state index in [-0.39, 0.29) is 5.69 Å². The maximum atomic E-state index is 12.5. The van der Waals surface area contributed by atoms with Gasteiger partial charge in [-0.3, -0.25) is 9.59 Å². The van der Waals surface area contributed by atoms with Gasteiger partial charge >= 0.3 is 5.69 Å². The highest BCUT2D eigenvalue weighted by Gasteiger charge is 2.23. The number of ketones is 1. The molecule has 1 atom stereocenters.